The van der Waals surface area contributed by atoms with Crippen LogP contribution in [-0.4, -0.2) is 31.0 Å². The third kappa shape index (κ3) is 4.06. The molecule has 0 radical (unpaired) electrons. The quantitative estimate of drug-likeness (QED) is 0.907. The maximum atomic E-state index is 12.1. The molecule has 3 rings (SSSR count). The van der Waals surface area contributed by atoms with Gasteiger partial charge in [-0.3, -0.25) is 9.59 Å². The highest BCUT2D eigenvalue weighted by Gasteiger charge is 2.31. The van der Waals surface area contributed by atoms with Crippen LogP contribution in [0.15, 0.2) is 54.6 Å². The van der Waals surface area contributed by atoms with E-state index in [0.29, 0.717) is 23.7 Å². The van der Waals surface area contributed by atoms with E-state index in [9.17, 15) is 9.59 Å². The van der Waals surface area contributed by atoms with Gasteiger partial charge in [-0.1, -0.05) is 29.8 Å². The van der Waals surface area contributed by atoms with E-state index in [0.717, 1.165) is 5.69 Å². The number of halogens is 1. The molecule has 0 spiro atoms. The topological polar surface area (TPSA) is 58.6 Å². The second-order valence-electron chi connectivity index (χ2n) is 5.55. The van der Waals surface area contributed by atoms with E-state index in [1.54, 1.807) is 29.2 Å². The maximum absolute atomic E-state index is 12.1. The van der Waals surface area contributed by atoms with Gasteiger partial charge < -0.3 is 15.0 Å². The van der Waals surface area contributed by atoms with Gasteiger partial charge in [0.1, 0.15) is 5.75 Å². The Labute approximate surface area is 145 Å². The van der Waals surface area contributed by atoms with Crippen LogP contribution in [0.2, 0.25) is 5.02 Å². The lowest BCUT2D eigenvalue weighted by atomic mass is 10.2. The van der Waals surface area contributed by atoms with Gasteiger partial charge in [-0.25, -0.2) is 0 Å². The van der Waals surface area contributed by atoms with E-state index in [4.69, 9.17) is 16.3 Å². The van der Waals surface area contributed by atoms with E-state index >= 15 is 0 Å². The Balaban J connectivity index is 1.50. The molecule has 1 aliphatic heterocycles. The summed E-state index contributed by atoms with van der Waals surface area (Å²) in [5.41, 5.74) is 0.844. The average molecular weight is 345 g/mol. The first kappa shape index (κ1) is 16.3. The fourth-order valence-electron chi connectivity index (χ4n) is 2.61. The van der Waals surface area contributed by atoms with E-state index < -0.39 is 0 Å². The minimum atomic E-state index is -0.252. The third-order valence-electron chi connectivity index (χ3n) is 3.74. The summed E-state index contributed by atoms with van der Waals surface area (Å²) in [6.07, 6.45) is 0.293. The molecule has 1 atom stereocenters. The number of carbonyl (C=O) groups excluding carboxylic acids is 2. The summed E-state index contributed by atoms with van der Waals surface area (Å²) in [5.74, 6) is 0.325. The molecule has 2 aromatic carbocycles. The normalized spacial score (nSPS) is 17.0. The van der Waals surface area contributed by atoms with Gasteiger partial charge >= 0.3 is 0 Å². The number of benzene rings is 2. The number of nitrogens with one attached hydrogen (secondary N) is 1. The Morgan fingerprint density at radius 2 is 1.88 bits per heavy atom. The highest BCUT2D eigenvalue weighted by Crippen LogP contribution is 2.21. The van der Waals surface area contributed by atoms with E-state index in [2.05, 4.69) is 5.32 Å². The molecule has 5 nitrogen and oxygen atoms in total. The van der Waals surface area contributed by atoms with Crippen molar-refractivity contribution in [2.24, 2.45) is 0 Å². The van der Waals surface area contributed by atoms with Crippen LogP contribution in [0, 0.1) is 0 Å². The second kappa shape index (κ2) is 7.36. The van der Waals surface area contributed by atoms with E-state index in [1.807, 2.05) is 30.3 Å². The highest BCUT2D eigenvalue weighted by molar-refractivity contribution is 6.30. The van der Waals surface area contributed by atoms with Crippen LogP contribution in [0.3, 0.4) is 0 Å². The first-order chi connectivity index (χ1) is 11.6. The second-order valence-corrected chi connectivity index (χ2v) is 5.99. The van der Waals surface area contributed by atoms with Gasteiger partial charge in [-0.15, -0.1) is 0 Å². The number of amides is 2. The standard InChI is InChI=1S/C18H17ClN2O3/c19-13-6-8-16(9-7-13)24-12-17(22)20-14-10-18(23)21(11-14)15-4-2-1-3-5-15/h1-9,14H,10-12H2,(H,20,22)/t14-/m1/s1. The summed E-state index contributed by atoms with van der Waals surface area (Å²) in [7, 11) is 0. The van der Waals surface area contributed by atoms with Crippen molar-refractivity contribution >= 4 is 29.1 Å². The predicted octanol–water partition coefficient (Wildman–Crippen LogP) is 2.64. The number of carbonyl (C=O) groups is 2. The van der Waals surface area contributed by atoms with E-state index in [-0.39, 0.29) is 24.5 Å². The molecule has 2 aromatic rings. The van der Waals surface area contributed by atoms with Crippen molar-refractivity contribution in [1.82, 2.24) is 5.32 Å². The van der Waals surface area contributed by atoms with Crippen LogP contribution in [0.4, 0.5) is 5.69 Å². The number of ether oxygens (including phenoxy) is 1. The molecule has 1 heterocycles. The van der Waals surface area contributed by atoms with Gasteiger partial charge in [0.2, 0.25) is 5.91 Å². The summed E-state index contributed by atoms with van der Waals surface area (Å²) in [6.45, 7) is 0.368. The molecule has 2 amide bonds. The molecule has 0 bridgehead atoms. The van der Waals surface area contributed by atoms with Crippen LogP contribution in [0.25, 0.3) is 0 Å². The first-order valence-electron chi connectivity index (χ1n) is 7.65. The van der Waals surface area contributed by atoms with Crippen LogP contribution in [0.1, 0.15) is 6.42 Å². The molecule has 1 N–H and O–H groups in total. The molecular weight excluding hydrogens is 328 g/mol. The van der Waals surface area contributed by atoms with Gasteiger partial charge in [0, 0.05) is 23.7 Å². The minimum Gasteiger partial charge on any atom is -0.484 e. The van der Waals surface area contributed by atoms with Crippen LogP contribution >= 0.6 is 11.6 Å². The van der Waals surface area contributed by atoms with Gasteiger partial charge in [-0.05, 0) is 36.4 Å². The number of rotatable bonds is 5. The van der Waals surface area contributed by atoms with Gasteiger partial charge in [0.25, 0.3) is 5.91 Å². The van der Waals surface area contributed by atoms with Crippen molar-refractivity contribution in [2.75, 3.05) is 18.1 Å². The molecular formula is C18H17ClN2O3. The summed E-state index contributed by atoms with van der Waals surface area (Å²) in [5, 5.41) is 3.45. The number of hydrogen-bond acceptors (Lipinski definition) is 3. The number of anilines is 1. The largest absolute Gasteiger partial charge is 0.484 e. The molecule has 1 aliphatic rings. The molecule has 0 aliphatic carbocycles. The smallest absolute Gasteiger partial charge is 0.258 e. The van der Waals surface area contributed by atoms with Crippen LogP contribution in [0.5, 0.6) is 5.75 Å². The zero-order valence-corrected chi connectivity index (χ0v) is 13.7. The van der Waals surface area contributed by atoms with Crippen LogP contribution < -0.4 is 15.0 Å². The molecule has 0 unspecified atom stereocenters. The Bertz CT molecular complexity index is 719. The maximum Gasteiger partial charge on any atom is 0.258 e. The van der Waals surface area contributed by atoms with Gasteiger partial charge in [0.05, 0.1) is 6.04 Å². The zero-order chi connectivity index (χ0) is 16.9. The Morgan fingerprint density at radius 1 is 1.17 bits per heavy atom. The van der Waals surface area contributed by atoms with Crippen molar-refractivity contribution in [3.8, 4) is 5.75 Å². The van der Waals surface area contributed by atoms with Gasteiger partial charge in [0.15, 0.2) is 6.61 Å². The number of nitrogens with zero attached hydrogens (tertiary/aromatic N) is 1. The summed E-state index contributed by atoms with van der Waals surface area (Å²) in [6, 6.07) is 16.0. The lowest BCUT2D eigenvalue weighted by Gasteiger charge is -2.17. The zero-order valence-electron chi connectivity index (χ0n) is 12.9. The van der Waals surface area contributed by atoms with Crippen molar-refractivity contribution in [3.63, 3.8) is 0 Å². The lowest BCUT2D eigenvalue weighted by molar-refractivity contribution is -0.123. The molecule has 24 heavy (non-hydrogen) atoms. The molecule has 0 aromatic heterocycles. The Kier molecular flexibility index (Phi) is 5.01. The predicted molar refractivity (Wildman–Crippen MR) is 92.3 cm³/mol. The Hall–Kier alpha value is -2.53. The number of para-hydroxylation sites is 1. The van der Waals surface area contributed by atoms with Gasteiger partial charge in [-0.2, -0.15) is 0 Å². The molecule has 124 valence electrons. The highest BCUT2D eigenvalue weighted by atomic mass is 35.5. The lowest BCUT2D eigenvalue weighted by Crippen LogP contribution is -2.39. The molecule has 6 heteroatoms. The van der Waals surface area contributed by atoms with Crippen molar-refractivity contribution in [1.29, 1.82) is 0 Å². The first-order valence-corrected chi connectivity index (χ1v) is 8.03. The number of hydrogen-bond donors (Lipinski definition) is 1. The minimum absolute atomic E-state index is 0.00474. The average Bonchev–Trinajstić information content (AvgIpc) is 2.95. The summed E-state index contributed by atoms with van der Waals surface area (Å²) < 4.78 is 5.40. The summed E-state index contributed by atoms with van der Waals surface area (Å²) >= 11 is 5.79. The SMILES string of the molecule is O=C(COc1ccc(Cl)cc1)N[C@@H]1CC(=O)N(c2ccccc2)C1. The monoisotopic (exact) mass is 344 g/mol. The molecule has 1 saturated heterocycles. The van der Waals surface area contributed by atoms with Crippen molar-refractivity contribution in [2.45, 2.75) is 12.5 Å². The van der Waals surface area contributed by atoms with E-state index in [1.165, 1.54) is 0 Å². The van der Waals surface area contributed by atoms with Crippen molar-refractivity contribution < 1.29 is 14.3 Å². The summed E-state index contributed by atoms with van der Waals surface area (Å²) in [4.78, 5) is 25.8. The Morgan fingerprint density at radius 3 is 2.58 bits per heavy atom. The van der Waals surface area contributed by atoms with Crippen LogP contribution in [-0.2, 0) is 9.59 Å². The fraction of sp³-hybridized carbons (Fsp3) is 0.222. The fourth-order valence-corrected chi connectivity index (χ4v) is 2.74. The van der Waals surface area contributed by atoms with Crippen molar-refractivity contribution in [3.05, 3.63) is 59.6 Å². The molecule has 0 saturated carbocycles. The third-order valence-corrected chi connectivity index (χ3v) is 3.99. The molecule has 1 fully saturated rings.